The summed E-state index contributed by atoms with van der Waals surface area (Å²) in [5.41, 5.74) is -1.15. The Balaban J connectivity index is 3.00. The lowest BCUT2D eigenvalue weighted by molar-refractivity contribution is -0.144. The number of alkyl halides is 6. The van der Waals surface area contributed by atoms with E-state index >= 15 is 0 Å². The third-order valence-electron chi connectivity index (χ3n) is 2.55. The molecule has 0 aliphatic rings. The van der Waals surface area contributed by atoms with Gasteiger partial charge in [-0.1, -0.05) is 12.1 Å². The summed E-state index contributed by atoms with van der Waals surface area (Å²) >= 11 is 0. The molecular formula is C12H11F6NO2. The van der Waals surface area contributed by atoms with Crippen molar-refractivity contribution >= 4 is 5.91 Å². The molecule has 1 rings (SSSR count). The molecule has 0 aliphatic heterocycles. The van der Waals surface area contributed by atoms with Crippen LogP contribution in [0.1, 0.15) is 23.6 Å². The molecule has 0 aromatic heterocycles. The van der Waals surface area contributed by atoms with Crippen molar-refractivity contribution in [1.29, 1.82) is 0 Å². The molecule has 0 unspecified atom stereocenters. The fourth-order valence-electron chi connectivity index (χ4n) is 1.63. The van der Waals surface area contributed by atoms with Crippen LogP contribution in [0.5, 0.6) is 0 Å². The lowest BCUT2D eigenvalue weighted by Gasteiger charge is -2.20. The molecule has 1 aromatic rings. The van der Waals surface area contributed by atoms with Gasteiger partial charge < -0.3 is 10.4 Å². The third-order valence-corrected chi connectivity index (χ3v) is 2.55. The van der Waals surface area contributed by atoms with Gasteiger partial charge in [0.25, 0.3) is 0 Å². The summed E-state index contributed by atoms with van der Waals surface area (Å²) in [6.45, 7) is -1.02. The summed E-state index contributed by atoms with van der Waals surface area (Å²) in [4.78, 5) is 11.0. The van der Waals surface area contributed by atoms with Crippen LogP contribution in [0.25, 0.3) is 0 Å². The van der Waals surface area contributed by atoms with Crippen molar-refractivity contribution in [1.82, 2.24) is 5.32 Å². The molecule has 1 amide bonds. The van der Waals surface area contributed by atoms with Crippen LogP contribution in [-0.2, 0) is 11.0 Å². The Hall–Kier alpha value is -1.77. The highest BCUT2D eigenvalue weighted by Crippen LogP contribution is 2.33. The predicted octanol–water partition coefficient (Wildman–Crippen LogP) is 2.81. The van der Waals surface area contributed by atoms with E-state index in [0.717, 1.165) is 12.1 Å². The topological polar surface area (TPSA) is 49.3 Å². The normalized spacial score (nSPS) is 13.9. The molecule has 0 fully saturated rings. The van der Waals surface area contributed by atoms with E-state index in [1.54, 1.807) is 0 Å². The quantitative estimate of drug-likeness (QED) is 0.840. The van der Waals surface area contributed by atoms with E-state index in [1.165, 1.54) is 0 Å². The standard InChI is InChI=1S/C12H11F6NO2/c13-11(14,15)5-9(19-10(21)6-20)7-1-3-8(4-2-7)12(16,17)18/h1-4,9,20H,5-6H2,(H,19,21)/t9-/m1/s1. The van der Waals surface area contributed by atoms with Crippen molar-refractivity contribution < 1.29 is 36.2 Å². The van der Waals surface area contributed by atoms with Gasteiger partial charge in [-0.05, 0) is 17.7 Å². The number of aliphatic hydroxyl groups is 1. The van der Waals surface area contributed by atoms with Crippen LogP contribution >= 0.6 is 0 Å². The lowest BCUT2D eigenvalue weighted by Crippen LogP contribution is -2.33. The smallest absolute Gasteiger partial charge is 0.387 e. The second-order valence-corrected chi connectivity index (χ2v) is 4.22. The van der Waals surface area contributed by atoms with Gasteiger partial charge in [-0.15, -0.1) is 0 Å². The molecule has 0 bridgehead atoms. The minimum absolute atomic E-state index is 0.137. The highest BCUT2D eigenvalue weighted by atomic mass is 19.4. The second kappa shape index (κ2) is 6.33. The Morgan fingerprint density at radius 1 is 1.10 bits per heavy atom. The number of aliphatic hydroxyl groups excluding tert-OH is 1. The highest BCUT2D eigenvalue weighted by molar-refractivity contribution is 5.77. The molecule has 0 saturated heterocycles. The van der Waals surface area contributed by atoms with Gasteiger partial charge in [0.1, 0.15) is 6.61 Å². The first-order valence-electron chi connectivity index (χ1n) is 5.67. The number of hydrogen-bond donors (Lipinski definition) is 2. The number of nitrogens with one attached hydrogen (secondary N) is 1. The van der Waals surface area contributed by atoms with Crippen molar-refractivity contribution in [3.63, 3.8) is 0 Å². The number of carbonyl (C=O) groups is 1. The Morgan fingerprint density at radius 3 is 2.00 bits per heavy atom. The first-order chi connectivity index (χ1) is 9.53. The maximum Gasteiger partial charge on any atom is 0.416 e. The van der Waals surface area contributed by atoms with Crippen LogP contribution in [-0.4, -0.2) is 23.8 Å². The summed E-state index contributed by atoms with van der Waals surface area (Å²) in [5, 5.41) is 10.4. The second-order valence-electron chi connectivity index (χ2n) is 4.22. The molecule has 0 radical (unpaired) electrons. The molecule has 9 heteroatoms. The molecule has 1 atom stereocenters. The van der Waals surface area contributed by atoms with Gasteiger partial charge in [0.05, 0.1) is 18.0 Å². The zero-order valence-corrected chi connectivity index (χ0v) is 10.4. The molecule has 2 N–H and O–H groups in total. The fourth-order valence-corrected chi connectivity index (χ4v) is 1.63. The van der Waals surface area contributed by atoms with Gasteiger partial charge >= 0.3 is 12.4 Å². The van der Waals surface area contributed by atoms with Gasteiger partial charge in [0, 0.05) is 0 Å². The van der Waals surface area contributed by atoms with E-state index in [4.69, 9.17) is 5.11 Å². The average molecular weight is 315 g/mol. The van der Waals surface area contributed by atoms with Crippen LogP contribution in [0.3, 0.4) is 0 Å². The number of hydrogen-bond acceptors (Lipinski definition) is 2. The predicted molar refractivity (Wildman–Crippen MR) is 60.1 cm³/mol. The summed E-state index contributed by atoms with van der Waals surface area (Å²) in [5.74, 6) is -1.05. The van der Waals surface area contributed by atoms with E-state index in [9.17, 15) is 31.1 Å². The van der Waals surface area contributed by atoms with Gasteiger partial charge in [0.2, 0.25) is 5.91 Å². The first-order valence-corrected chi connectivity index (χ1v) is 5.67. The Kier molecular flexibility index (Phi) is 5.21. The Labute approximate surface area is 115 Å². The van der Waals surface area contributed by atoms with Crippen molar-refractivity contribution in [2.24, 2.45) is 0 Å². The highest BCUT2D eigenvalue weighted by Gasteiger charge is 2.34. The van der Waals surface area contributed by atoms with E-state index in [-0.39, 0.29) is 5.56 Å². The molecule has 0 aliphatic carbocycles. The molecule has 0 spiro atoms. The molecule has 1 aromatic carbocycles. The number of halogens is 6. The minimum atomic E-state index is -4.63. The van der Waals surface area contributed by atoms with Crippen molar-refractivity contribution in [2.75, 3.05) is 6.61 Å². The third kappa shape index (κ3) is 5.62. The number of amides is 1. The molecular weight excluding hydrogens is 304 g/mol. The molecule has 21 heavy (non-hydrogen) atoms. The Morgan fingerprint density at radius 2 is 1.62 bits per heavy atom. The zero-order valence-electron chi connectivity index (χ0n) is 10.4. The van der Waals surface area contributed by atoms with Gasteiger partial charge in [-0.3, -0.25) is 4.79 Å². The summed E-state index contributed by atoms with van der Waals surface area (Å²) in [7, 11) is 0. The van der Waals surface area contributed by atoms with E-state index in [1.807, 2.05) is 5.32 Å². The lowest BCUT2D eigenvalue weighted by atomic mass is 10.0. The minimum Gasteiger partial charge on any atom is -0.387 e. The van der Waals surface area contributed by atoms with Crippen molar-refractivity contribution in [3.05, 3.63) is 35.4 Å². The fraction of sp³-hybridized carbons (Fsp3) is 0.417. The van der Waals surface area contributed by atoms with Crippen LogP contribution < -0.4 is 5.32 Å². The first kappa shape index (κ1) is 17.3. The van der Waals surface area contributed by atoms with Crippen molar-refractivity contribution in [3.8, 4) is 0 Å². The monoisotopic (exact) mass is 315 g/mol. The maximum atomic E-state index is 12.4. The maximum absolute atomic E-state index is 12.4. The number of benzene rings is 1. The van der Waals surface area contributed by atoms with Crippen LogP contribution in [0.4, 0.5) is 26.3 Å². The van der Waals surface area contributed by atoms with Crippen LogP contribution in [0.15, 0.2) is 24.3 Å². The average Bonchev–Trinajstić information content (AvgIpc) is 2.35. The Bertz CT molecular complexity index is 480. The molecule has 0 heterocycles. The molecule has 0 saturated carbocycles. The van der Waals surface area contributed by atoms with Crippen LogP contribution in [0.2, 0.25) is 0 Å². The van der Waals surface area contributed by atoms with E-state index in [2.05, 4.69) is 0 Å². The van der Waals surface area contributed by atoms with Gasteiger partial charge in [-0.2, -0.15) is 26.3 Å². The van der Waals surface area contributed by atoms with E-state index in [0.29, 0.717) is 12.1 Å². The molecule has 118 valence electrons. The van der Waals surface area contributed by atoms with E-state index < -0.39 is 42.9 Å². The van der Waals surface area contributed by atoms with Crippen molar-refractivity contribution in [2.45, 2.75) is 24.8 Å². The zero-order chi connectivity index (χ0) is 16.3. The number of rotatable bonds is 4. The molecule has 3 nitrogen and oxygen atoms in total. The summed E-state index contributed by atoms with van der Waals surface area (Å²) < 4.78 is 74.4. The largest absolute Gasteiger partial charge is 0.416 e. The van der Waals surface area contributed by atoms with Gasteiger partial charge in [-0.25, -0.2) is 0 Å². The number of carbonyl (C=O) groups excluding carboxylic acids is 1. The summed E-state index contributed by atoms with van der Waals surface area (Å²) in [6, 6.07) is 1.41. The summed E-state index contributed by atoms with van der Waals surface area (Å²) in [6.07, 6.45) is -10.7. The van der Waals surface area contributed by atoms with Gasteiger partial charge in [0.15, 0.2) is 0 Å². The SMILES string of the molecule is O=C(CO)N[C@H](CC(F)(F)F)c1ccc(C(F)(F)F)cc1. The van der Waals surface area contributed by atoms with Crippen LogP contribution in [0, 0.1) is 0 Å².